The molecule has 0 aliphatic rings. The zero-order valence-electron chi connectivity index (χ0n) is 9.93. The van der Waals surface area contributed by atoms with Gasteiger partial charge in [0.25, 0.3) is 0 Å². The second kappa shape index (κ2) is 3.69. The third-order valence-corrected chi connectivity index (χ3v) is 2.65. The van der Waals surface area contributed by atoms with Gasteiger partial charge in [-0.3, -0.25) is 4.79 Å². The summed E-state index contributed by atoms with van der Waals surface area (Å²) in [6.07, 6.45) is 1.87. The van der Waals surface area contributed by atoms with Crippen molar-refractivity contribution in [2.45, 2.75) is 40.0 Å². The Morgan fingerprint density at radius 2 is 1.80 bits per heavy atom. The second-order valence-electron chi connectivity index (χ2n) is 4.94. The Morgan fingerprint density at radius 1 is 1.27 bits per heavy atom. The fraction of sp³-hybridized carbons (Fsp3) is 0.462. The van der Waals surface area contributed by atoms with Crippen LogP contribution in [0.2, 0.25) is 0 Å². The average molecular weight is 205 g/mol. The molecule has 1 N–H and O–H groups in total. The highest BCUT2D eigenvalue weighted by molar-refractivity contribution is 5.82. The van der Waals surface area contributed by atoms with Gasteiger partial charge in [0.1, 0.15) is 5.75 Å². The lowest BCUT2D eigenvalue weighted by atomic mass is 9.83. The molecule has 2 heteroatoms. The van der Waals surface area contributed by atoms with Gasteiger partial charge in [-0.1, -0.05) is 26.8 Å². The number of phenolic OH excluding ortho intramolecular Hbond substituents is 1. The molecule has 1 aromatic carbocycles. The lowest BCUT2D eigenvalue weighted by molar-refractivity contribution is 0.442. The normalized spacial score (nSPS) is 11.5. The summed E-state index contributed by atoms with van der Waals surface area (Å²) in [4.78, 5) is 10.7. The highest BCUT2D eigenvalue weighted by atomic mass is 16.3. The van der Waals surface area contributed by atoms with Crippen molar-refractivity contribution in [3.8, 4) is 5.75 Å². The Balaban J connectivity index is 3.55. The van der Waals surface area contributed by atoms with E-state index >= 15 is 0 Å². The van der Waals surface area contributed by atoms with E-state index in [1.54, 1.807) is 6.92 Å². The van der Waals surface area contributed by atoms with Gasteiger partial charge in [-0.2, -0.15) is 0 Å². The van der Waals surface area contributed by atoms with Gasteiger partial charge >= 0.3 is 0 Å². The molecule has 0 spiro atoms. The van der Waals surface area contributed by atoms with Gasteiger partial charge < -0.3 is 5.11 Å². The zero-order valence-corrected chi connectivity index (χ0v) is 9.93. The summed E-state index contributed by atoms with van der Waals surface area (Å²) in [5.74, 6) is 0.214. The maximum absolute atomic E-state index is 10.7. The number of aromatic hydroxyl groups is 1. The Kier molecular flexibility index (Phi) is 2.89. The molecule has 0 aromatic heterocycles. The molecule has 0 aliphatic heterocycles. The molecule has 2 nitrogen and oxygen atoms in total. The summed E-state index contributed by atoms with van der Waals surface area (Å²) in [5, 5.41) is 9.99. The van der Waals surface area contributed by atoms with Crippen molar-refractivity contribution in [3.05, 3.63) is 28.3 Å². The maximum Gasteiger partial charge on any atom is 0.234 e. The summed E-state index contributed by atoms with van der Waals surface area (Å²) in [7, 11) is 0. The van der Waals surface area contributed by atoms with Gasteiger partial charge in [0.05, 0.1) is 0 Å². The molecule has 15 heavy (non-hydrogen) atoms. The van der Waals surface area contributed by atoms with Crippen molar-refractivity contribution in [2.75, 3.05) is 0 Å². The SMILES string of the molecule is Cc1cc(C(C)(C)C)c(O)c(C)c1[C]=O. The number of carbonyl (C=O) groups excluding carboxylic acids is 1. The first kappa shape index (κ1) is 11.8. The molecule has 0 saturated heterocycles. The lowest BCUT2D eigenvalue weighted by Crippen LogP contribution is -2.13. The third-order valence-electron chi connectivity index (χ3n) is 2.65. The molecule has 0 atom stereocenters. The summed E-state index contributed by atoms with van der Waals surface area (Å²) < 4.78 is 0. The average Bonchev–Trinajstić information content (AvgIpc) is 2.10. The van der Waals surface area contributed by atoms with E-state index in [1.807, 2.05) is 40.0 Å². The van der Waals surface area contributed by atoms with E-state index in [4.69, 9.17) is 0 Å². The van der Waals surface area contributed by atoms with Gasteiger partial charge in [0, 0.05) is 11.1 Å². The van der Waals surface area contributed by atoms with E-state index in [1.165, 1.54) is 0 Å². The number of hydrogen-bond donors (Lipinski definition) is 1. The minimum Gasteiger partial charge on any atom is -0.507 e. The molecule has 0 fully saturated rings. The van der Waals surface area contributed by atoms with Crippen molar-refractivity contribution in [1.29, 1.82) is 0 Å². The van der Waals surface area contributed by atoms with Crippen molar-refractivity contribution in [2.24, 2.45) is 0 Å². The predicted octanol–water partition coefficient (Wildman–Crippen LogP) is 2.76. The zero-order chi connectivity index (χ0) is 11.8. The van der Waals surface area contributed by atoms with Crippen LogP contribution in [-0.2, 0) is 10.2 Å². The van der Waals surface area contributed by atoms with Crippen molar-refractivity contribution >= 4 is 6.29 Å². The maximum atomic E-state index is 10.7. The van der Waals surface area contributed by atoms with Crippen LogP contribution in [0, 0.1) is 13.8 Å². The number of hydrogen-bond acceptors (Lipinski definition) is 2. The van der Waals surface area contributed by atoms with E-state index in [2.05, 4.69) is 0 Å². The van der Waals surface area contributed by atoms with Crippen molar-refractivity contribution in [1.82, 2.24) is 0 Å². The Hall–Kier alpha value is -1.31. The number of aryl methyl sites for hydroxylation is 1. The van der Waals surface area contributed by atoms with Crippen LogP contribution >= 0.6 is 0 Å². The molecule has 0 heterocycles. The molecule has 0 saturated carbocycles. The van der Waals surface area contributed by atoms with E-state index in [0.717, 1.165) is 11.1 Å². The fourth-order valence-electron chi connectivity index (χ4n) is 1.70. The molecule has 0 amide bonds. The largest absolute Gasteiger partial charge is 0.507 e. The molecule has 1 radical (unpaired) electrons. The fourth-order valence-corrected chi connectivity index (χ4v) is 1.70. The third kappa shape index (κ3) is 2.04. The number of rotatable bonds is 1. The van der Waals surface area contributed by atoms with Crippen LogP contribution in [0.25, 0.3) is 0 Å². The highest BCUT2D eigenvalue weighted by Crippen LogP contribution is 2.35. The van der Waals surface area contributed by atoms with Crippen LogP contribution in [0.4, 0.5) is 0 Å². The number of phenols is 1. The Labute approximate surface area is 90.9 Å². The molecule has 81 valence electrons. The van der Waals surface area contributed by atoms with Crippen LogP contribution in [-0.4, -0.2) is 11.4 Å². The molecular formula is C13H17O2. The van der Waals surface area contributed by atoms with E-state index in [9.17, 15) is 9.90 Å². The van der Waals surface area contributed by atoms with Crippen molar-refractivity contribution < 1.29 is 9.90 Å². The first-order chi connectivity index (χ1) is 6.79. The summed E-state index contributed by atoms with van der Waals surface area (Å²) in [6, 6.07) is 1.86. The van der Waals surface area contributed by atoms with Crippen LogP contribution in [0.1, 0.15) is 43.0 Å². The van der Waals surface area contributed by atoms with E-state index in [-0.39, 0.29) is 11.2 Å². The van der Waals surface area contributed by atoms with Gasteiger partial charge in [0.2, 0.25) is 6.29 Å². The van der Waals surface area contributed by atoms with Crippen LogP contribution < -0.4 is 0 Å². The minimum absolute atomic E-state index is 0.124. The first-order valence-corrected chi connectivity index (χ1v) is 5.01. The summed E-state index contributed by atoms with van der Waals surface area (Å²) in [5.41, 5.74) is 2.71. The van der Waals surface area contributed by atoms with Crippen LogP contribution in [0.3, 0.4) is 0 Å². The standard InChI is InChI=1S/C13H17O2/c1-8-6-11(13(3,4)5)12(15)9(2)10(8)7-14/h6,15H,1-5H3. The molecule has 0 bridgehead atoms. The lowest BCUT2D eigenvalue weighted by Gasteiger charge is -2.23. The van der Waals surface area contributed by atoms with Crippen LogP contribution in [0.15, 0.2) is 6.07 Å². The molecule has 0 aliphatic carbocycles. The predicted molar refractivity (Wildman–Crippen MR) is 61.1 cm³/mol. The van der Waals surface area contributed by atoms with Gasteiger partial charge in [-0.05, 0) is 30.4 Å². The van der Waals surface area contributed by atoms with Gasteiger partial charge in [0.15, 0.2) is 0 Å². The van der Waals surface area contributed by atoms with E-state index in [0.29, 0.717) is 11.1 Å². The summed E-state index contributed by atoms with van der Waals surface area (Å²) >= 11 is 0. The van der Waals surface area contributed by atoms with E-state index < -0.39 is 0 Å². The second-order valence-corrected chi connectivity index (χ2v) is 4.94. The topological polar surface area (TPSA) is 37.3 Å². The monoisotopic (exact) mass is 205 g/mol. The van der Waals surface area contributed by atoms with Gasteiger partial charge in [-0.15, -0.1) is 0 Å². The Bertz CT molecular complexity index is 398. The summed E-state index contributed by atoms with van der Waals surface area (Å²) in [6.45, 7) is 9.71. The van der Waals surface area contributed by atoms with Crippen LogP contribution in [0.5, 0.6) is 5.75 Å². The van der Waals surface area contributed by atoms with Crippen molar-refractivity contribution in [3.63, 3.8) is 0 Å². The smallest absolute Gasteiger partial charge is 0.234 e. The Morgan fingerprint density at radius 3 is 2.20 bits per heavy atom. The first-order valence-electron chi connectivity index (χ1n) is 5.01. The number of benzene rings is 1. The minimum atomic E-state index is -0.124. The molecule has 1 rings (SSSR count). The highest BCUT2D eigenvalue weighted by Gasteiger charge is 2.21. The van der Waals surface area contributed by atoms with Gasteiger partial charge in [-0.25, -0.2) is 0 Å². The quantitative estimate of drug-likeness (QED) is 0.765. The molecule has 1 aromatic rings. The molecule has 0 unspecified atom stereocenters. The molecular weight excluding hydrogens is 188 g/mol.